The molecular weight excluding hydrogens is 346 g/mol. The number of likely N-dealkylation sites (tertiary alicyclic amines) is 1. The molecule has 2 atom stereocenters. The summed E-state index contributed by atoms with van der Waals surface area (Å²) in [6.45, 7) is 7.07. The van der Waals surface area contributed by atoms with Crippen LogP contribution in [0.25, 0.3) is 0 Å². The number of hydrazine groups is 1. The third-order valence-electron chi connectivity index (χ3n) is 4.98. The van der Waals surface area contributed by atoms with Gasteiger partial charge in [-0.05, 0) is 51.8 Å². The summed E-state index contributed by atoms with van der Waals surface area (Å²) >= 11 is 0. The van der Waals surface area contributed by atoms with E-state index in [1.54, 1.807) is 12.1 Å². The molecule has 27 heavy (non-hydrogen) atoms. The van der Waals surface area contributed by atoms with Crippen molar-refractivity contribution in [2.45, 2.75) is 51.7 Å². The van der Waals surface area contributed by atoms with Gasteiger partial charge < -0.3 is 19.8 Å². The second-order valence-corrected chi connectivity index (χ2v) is 7.35. The molecule has 1 amide bonds. The van der Waals surface area contributed by atoms with E-state index >= 15 is 0 Å². The van der Waals surface area contributed by atoms with Crippen LogP contribution >= 0.6 is 0 Å². The number of rotatable bonds is 6. The second kappa shape index (κ2) is 8.00. The summed E-state index contributed by atoms with van der Waals surface area (Å²) in [6, 6.07) is 4.95. The lowest BCUT2D eigenvalue weighted by atomic mass is 10.2. The molecule has 1 fully saturated rings. The monoisotopic (exact) mass is 373 g/mol. The number of carbonyl (C=O) groups is 2. The van der Waals surface area contributed by atoms with Crippen molar-refractivity contribution in [3.8, 4) is 11.5 Å². The quantitative estimate of drug-likeness (QED) is 0.743. The summed E-state index contributed by atoms with van der Waals surface area (Å²) in [5.41, 5.74) is 4.11. The summed E-state index contributed by atoms with van der Waals surface area (Å²) in [5.74, 6) is 0.229. The predicted molar refractivity (Wildman–Crippen MR) is 101 cm³/mol. The molecule has 2 aliphatic rings. The van der Waals surface area contributed by atoms with Gasteiger partial charge in [0.1, 0.15) is 23.8 Å². The van der Waals surface area contributed by atoms with Crippen LogP contribution in [0.1, 0.15) is 44.0 Å². The van der Waals surface area contributed by atoms with Crippen LogP contribution in [-0.2, 0) is 4.79 Å². The Balaban J connectivity index is 1.71. The van der Waals surface area contributed by atoms with Crippen molar-refractivity contribution in [3.05, 3.63) is 35.5 Å². The Kier molecular flexibility index (Phi) is 5.70. The number of ether oxygens (including phenoxy) is 1. The number of phenolic OH excluding ortho intramolecular Hbond substituents is 1. The summed E-state index contributed by atoms with van der Waals surface area (Å²) < 4.78 is 5.80. The van der Waals surface area contributed by atoms with E-state index < -0.39 is 0 Å². The molecule has 0 aliphatic carbocycles. The highest BCUT2D eigenvalue weighted by molar-refractivity contribution is 5.93. The Morgan fingerprint density at radius 1 is 1.44 bits per heavy atom. The van der Waals surface area contributed by atoms with E-state index in [0.29, 0.717) is 24.3 Å². The predicted octanol–water partition coefficient (Wildman–Crippen LogP) is 2.08. The van der Waals surface area contributed by atoms with Crippen molar-refractivity contribution < 1.29 is 19.4 Å². The van der Waals surface area contributed by atoms with Crippen molar-refractivity contribution in [3.63, 3.8) is 0 Å². The number of aromatic hydroxyl groups is 1. The number of amides is 1. The zero-order valence-electron chi connectivity index (χ0n) is 16.0. The number of nitrogens with one attached hydrogen (secondary N) is 1. The van der Waals surface area contributed by atoms with Crippen molar-refractivity contribution in [1.29, 1.82) is 0 Å². The first-order valence-corrected chi connectivity index (χ1v) is 9.40. The van der Waals surface area contributed by atoms with E-state index in [2.05, 4.69) is 5.43 Å². The summed E-state index contributed by atoms with van der Waals surface area (Å²) in [4.78, 5) is 26.2. The minimum absolute atomic E-state index is 0.00169. The maximum Gasteiger partial charge on any atom is 0.271 e. The second-order valence-electron chi connectivity index (χ2n) is 7.35. The zero-order chi connectivity index (χ0) is 19.6. The minimum atomic E-state index is -0.106. The van der Waals surface area contributed by atoms with Crippen LogP contribution in [0, 0.1) is 0 Å². The SMILES string of the molecule is CC1C=C(C(=O)N2CCC[C@H]2COc2cccc(O)c2C=O)N(C(C)C)N1. The number of benzene rings is 1. The number of hydrogen-bond acceptors (Lipinski definition) is 6. The summed E-state index contributed by atoms with van der Waals surface area (Å²) in [6.07, 6.45) is 4.30. The topological polar surface area (TPSA) is 82.1 Å². The van der Waals surface area contributed by atoms with Gasteiger partial charge in [-0.25, -0.2) is 5.43 Å². The van der Waals surface area contributed by atoms with E-state index in [4.69, 9.17) is 4.74 Å². The summed E-state index contributed by atoms with van der Waals surface area (Å²) in [5, 5.41) is 11.7. The smallest absolute Gasteiger partial charge is 0.271 e. The molecule has 0 spiro atoms. The molecule has 1 unspecified atom stereocenters. The molecule has 1 aromatic carbocycles. The minimum Gasteiger partial charge on any atom is -0.507 e. The molecule has 2 N–H and O–H groups in total. The molecule has 0 saturated carbocycles. The molecule has 0 aromatic heterocycles. The van der Waals surface area contributed by atoms with Gasteiger partial charge in [0.15, 0.2) is 6.29 Å². The highest BCUT2D eigenvalue weighted by Gasteiger charge is 2.36. The highest BCUT2D eigenvalue weighted by atomic mass is 16.5. The molecular formula is C20H27N3O4. The van der Waals surface area contributed by atoms with Crippen LogP contribution in [0.5, 0.6) is 11.5 Å². The number of phenols is 1. The Bertz CT molecular complexity index is 747. The molecule has 146 valence electrons. The fourth-order valence-corrected chi connectivity index (χ4v) is 3.63. The fourth-order valence-electron chi connectivity index (χ4n) is 3.63. The molecule has 7 nitrogen and oxygen atoms in total. The zero-order valence-corrected chi connectivity index (χ0v) is 16.0. The van der Waals surface area contributed by atoms with E-state index in [0.717, 1.165) is 12.8 Å². The van der Waals surface area contributed by atoms with Crippen molar-refractivity contribution in [2.75, 3.05) is 13.2 Å². The molecule has 7 heteroatoms. The van der Waals surface area contributed by atoms with Crippen LogP contribution < -0.4 is 10.2 Å². The van der Waals surface area contributed by atoms with Crippen LogP contribution in [0.15, 0.2) is 30.0 Å². The van der Waals surface area contributed by atoms with E-state index in [-0.39, 0.29) is 42.0 Å². The van der Waals surface area contributed by atoms with Gasteiger partial charge in [0.05, 0.1) is 11.6 Å². The van der Waals surface area contributed by atoms with Crippen LogP contribution in [0.2, 0.25) is 0 Å². The fraction of sp³-hybridized carbons (Fsp3) is 0.500. The van der Waals surface area contributed by atoms with Crippen molar-refractivity contribution in [1.82, 2.24) is 15.3 Å². The van der Waals surface area contributed by atoms with E-state index in [1.807, 2.05) is 36.8 Å². The molecule has 0 bridgehead atoms. The normalized spacial score (nSPS) is 22.3. The lowest BCUT2D eigenvalue weighted by Crippen LogP contribution is -2.47. The Hall–Kier alpha value is -2.54. The highest BCUT2D eigenvalue weighted by Crippen LogP contribution is 2.28. The van der Waals surface area contributed by atoms with Crippen LogP contribution in [0.4, 0.5) is 0 Å². The maximum atomic E-state index is 13.1. The molecule has 2 heterocycles. The van der Waals surface area contributed by atoms with Gasteiger partial charge in [-0.1, -0.05) is 6.07 Å². The molecule has 1 saturated heterocycles. The maximum absolute atomic E-state index is 13.1. The number of nitrogens with zero attached hydrogens (tertiary/aromatic N) is 2. The van der Waals surface area contributed by atoms with Gasteiger partial charge in [0.2, 0.25) is 0 Å². The van der Waals surface area contributed by atoms with E-state index in [9.17, 15) is 14.7 Å². The molecule has 0 radical (unpaired) electrons. The number of carbonyl (C=O) groups excluding carboxylic acids is 2. The molecule has 2 aliphatic heterocycles. The molecule has 3 rings (SSSR count). The van der Waals surface area contributed by atoms with E-state index in [1.165, 1.54) is 6.07 Å². The third-order valence-corrected chi connectivity index (χ3v) is 4.98. The Morgan fingerprint density at radius 3 is 2.93 bits per heavy atom. The lowest BCUT2D eigenvalue weighted by molar-refractivity contribution is -0.130. The van der Waals surface area contributed by atoms with Crippen molar-refractivity contribution in [2.24, 2.45) is 0 Å². The van der Waals surface area contributed by atoms with Gasteiger partial charge in [-0.3, -0.25) is 9.59 Å². The first-order chi connectivity index (χ1) is 12.9. The standard InChI is InChI=1S/C20H27N3O4/c1-13(2)23-17(10-14(3)21-23)20(26)22-9-5-6-15(22)12-27-19-8-4-7-18(25)16(19)11-24/h4,7-8,10-11,13-15,21,25H,5-6,9,12H2,1-3H3/t14?,15-/m0/s1. The molecule has 1 aromatic rings. The van der Waals surface area contributed by atoms with Crippen LogP contribution in [0.3, 0.4) is 0 Å². The van der Waals surface area contributed by atoms with Crippen molar-refractivity contribution >= 4 is 12.2 Å². The van der Waals surface area contributed by atoms with Crippen LogP contribution in [-0.4, -0.2) is 58.5 Å². The number of aldehydes is 1. The average Bonchev–Trinajstić information content (AvgIpc) is 3.26. The van der Waals surface area contributed by atoms with Gasteiger partial charge in [-0.15, -0.1) is 0 Å². The lowest BCUT2D eigenvalue weighted by Gasteiger charge is -2.31. The average molecular weight is 373 g/mol. The van der Waals surface area contributed by atoms with Gasteiger partial charge in [0.25, 0.3) is 5.91 Å². The number of hydrogen-bond donors (Lipinski definition) is 2. The summed E-state index contributed by atoms with van der Waals surface area (Å²) in [7, 11) is 0. The first kappa shape index (κ1) is 19.2. The third kappa shape index (κ3) is 3.93. The van der Waals surface area contributed by atoms with Gasteiger partial charge >= 0.3 is 0 Å². The Morgan fingerprint density at radius 2 is 2.22 bits per heavy atom. The van der Waals surface area contributed by atoms with Gasteiger partial charge in [-0.2, -0.15) is 0 Å². The first-order valence-electron chi connectivity index (χ1n) is 9.40. The van der Waals surface area contributed by atoms with Gasteiger partial charge in [0, 0.05) is 18.6 Å². The largest absolute Gasteiger partial charge is 0.507 e. The Labute approximate surface area is 159 Å².